The van der Waals surface area contributed by atoms with Gasteiger partial charge in [-0.1, -0.05) is 25.5 Å². The maximum absolute atomic E-state index is 13.5. The maximum atomic E-state index is 13.5. The van der Waals surface area contributed by atoms with Crippen LogP contribution in [0.3, 0.4) is 0 Å². The van der Waals surface area contributed by atoms with E-state index in [2.05, 4.69) is 4.99 Å². The molecule has 1 N–H and O–H groups in total. The van der Waals surface area contributed by atoms with E-state index in [0.717, 1.165) is 18.2 Å². The van der Waals surface area contributed by atoms with Crippen LogP contribution < -0.4 is 0 Å². The second kappa shape index (κ2) is 6.43. The molecule has 5 heteroatoms. The van der Waals surface area contributed by atoms with Gasteiger partial charge in [0.1, 0.15) is 17.3 Å². The van der Waals surface area contributed by atoms with Crippen LogP contribution in [0.4, 0.5) is 18.9 Å². The molecule has 0 bridgehead atoms. The molecule has 2 rings (SSSR count). The van der Waals surface area contributed by atoms with Crippen molar-refractivity contribution < 1.29 is 18.3 Å². The number of phenols is 1. The van der Waals surface area contributed by atoms with Crippen LogP contribution in [0.15, 0.2) is 35.3 Å². The Morgan fingerprint density at radius 2 is 1.81 bits per heavy atom. The van der Waals surface area contributed by atoms with E-state index in [1.54, 1.807) is 18.2 Å². The monoisotopic (exact) mass is 293 g/mol. The zero-order valence-electron chi connectivity index (χ0n) is 11.4. The van der Waals surface area contributed by atoms with Gasteiger partial charge in [0, 0.05) is 23.9 Å². The van der Waals surface area contributed by atoms with Crippen molar-refractivity contribution in [3.63, 3.8) is 0 Å². The van der Waals surface area contributed by atoms with Crippen LogP contribution in [-0.2, 0) is 6.42 Å². The first-order valence-corrected chi connectivity index (χ1v) is 6.52. The molecule has 2 aromatic carbocycles. The number of aromatic hydroxyl groups is 1. The van der Waals surface area contributed by atoms with Crippen LogP contribution in [0.5, 0.6) is 5.75 Å². The van der Waals surface area contributed by atoms with Crippen molar-refractivity contribution >= 4 is 11.9 Å². The van der Waals surface area contributed by atoms with Crippen molar-refractivity contribution in [1.29, 1.82) is 0 Å². The van der Waals surface area contributed by atoms with Crippen molar-refractivity contribution in [2.24, 2.45) is 4.99 Å². The van der Waals surface area contributed by atoms with Gasteiger partial charge in [0.2, 0.25) is 0 Å². The van der Waals surface area contributed by atoms with Gasteiger partial charge in [-0.2, -0.15) is 0 Å². The van der Waals surface area contributed by atoms with E-state index in [-0.39, 0.29) is 5.75 Å². The summed E-state index contributed by atoms with van der Waals surface area (Å²) < 4.78 is 39.7. The minimum atomic E-state index is -1.09. The number of hydrogen-bond acceptors (Lipinski definition) is 2. The summed E-state index contributed by atoms with van der Waals surface area (Å²) in [5, 5.41) is 10.0. The fraction of sp³-hybridized carbons (Fsp3) is 0.188. The number of aliphatic imine (C=N–C) groups is 1. The molecule has 2 nitrogen and oxygen atoms in total. The third kappa shape index (κ3) is 3.42. The van der Waals surface area contributed by atoms with Crippen LogP contribution >= 0.6 is 0 Å². The predicted octanol–water partition coefficient (Wildman–Crippen LogP) is 4.51. The first kappa shape index (κ1) is 15.1. The number of halogens is 3. The first-order valence-electron chi connectivity index (χ1n) is 6.52. The Kier molecular flexibility index (Phi) is 4.62. The Balaban J connectivity index is 2.36. The number of rotatable bonds is 4. The summed E-state index contributed by atoms with van der Waals surface area (Å²) in [4.78, 5) is 3.68. The molecule has 0 fully saturated rings. The van der Waals surface area contributed by atoms with Gasteiger partial charge in [-0.05, 0) is 18.1 Å². The zero-order chi connectivity index (χ0) is 15.4. The molecule has 0 saturated carbocycles. The van der Waals surface area contributed by atoms with E-state index in [4.69, 9.17) is 0 Å². The minimum Gasteiger partial charge on any atom is -0.507 e. The Labute approximate surface area is 120 Å². The lowest BCUT2D eigenvalue weighted by Crippen LogP contribution is -1.91. The van der Waals surface area contributed by atoms with Crippen molar-refractivity contribution in [1.82, 2.24) is 0 Å². The number of nitrogens with zero attached hydrogens (tertiary/aromatic N) is 1. The highest BCUT2D eigenvalue weighted by Gasteiger charge is 2.10. The van der Waals surface area contributed by atoms with E-state index in [0.29, 0.717) is 24.1 Å². The average Bonchev–Trinajstić information content (AvgIpc) is 2.41. The maximum Gasteiger partial charge on any atom is 0.154 e. The fourth-order valence-electron chi connectivity index (χ4n) is 1.98. The van der Waals surface area contributed by atoms with Gasteiger partial charge in [0.25, 0.3) is 0 Å². The summed E-state index contributed by atoms with van der Waals surface area (Å²) in [7, 11) is 0. The fourth-order valence-corrected chi connectivity index (χ4v) is 1.98. The Morgan fingerprint density at radius 3 is 2.43 bits per heavy atom. The summed E-state index contributed by atoms with van der Waals surface area (Å²) in [6.07, 6.45) is 2.70. The summed E-state index contributed by atoms with van der Waals surface area (Å²) in [5.41, 5.74) is 0.502. The molecule has 0 aliphatic rings. The van der Waals surface area contributed by atoms with Crippen molar-refractivity contribution in [3.05, 3.63) is 58.9 Å². The number of benzene rings is 2. The van der Waals surface area contributed by atoms with Gasteiger partial charge >= 0.3 is 0 Å². The van der Waals surface area contributed by atoms with Crippen LogP contribution in [-0.4, -0.2) is 11.3 Å². The molecule has 110 valence electrons. The highest BCUT2D eigenvalue weighted by atomic mass is 19.1. The van der Waals surface area contributed by atoms with Gasteiger partial charge in [0.05, 0.1) is 0 Å². The smallest absolute Gasteiger partial charge is 0.154 e. The third-order valence-electron chi connectivity index (χ3n) is 2.98. The normalized spacial score (nSPS) is 11.2. The van der Waals surface area contributed by atoms with Crippen LogP contribution in [0, 0.1) is 17.5 Å². The first-order chi connectivity index (χ1) is 10.0. The molecule has 0 saturated heterocycles. The summed E-state index contributed by atoms with van der Waals surface area (Å²) in [5.74, 6) is -3.15. The molecule has 0 heterocycles. The van der Waals surface area contributed by atoms with Crippen molar-refractivity contribution in [2.75, 3.05) is 0 Å². The largest absolute Gasteiger partial charge is 0.507 e. The molecule has 0 unspecified atom stereocenters. The van der Waals surface area contributed by atoms with Gasteiger partial charge in [0.15, 0.2) is 11.6 Å². The molecule has 21 heavy (non-hydrogen) atoms. The van der Waals surface area contributed by atoms with Crippen LogP contribution in [0.25, 0.3) is 0 Å². The van der Waals surface area contributed by atoms with E-state index in [9.17, 15) is 18.3 Å². The molecular formula is C16H14F3NO. The van der Waals surface area contributed by atoms with E-state index < -0.39 is 23.1 Å². The van der Waals surface area contributed by atoms with Crippen molar-refractivity contribution in [3.8, 4) is 5.75 Å². The van der Waals surface area contributed by atoms with Gasteiger partial charge in [-0.15, -0.1) is 0 Å². The second-order valence-corrected chi connectivity index (χ2v) is 4.58. The lowest BCUT2D eigenvalue weighted by Gasteiger charge is -2.05. The van der Waals surface area contributed by atoms with Crippen LogP contribution in [0.1, 0.15) is 24.5 Å². The molecule has 0 atom stereocenters. The lowest BCUT2D eigenvalue weighted by atomic mass is 10.1. The molecule has 0 aliphatic carbocycles. The minimum absolute atomic E-state index is 0.0334. The number of para-hydroxylation sites is 1. The number of aryl methyl sites for hydroxylation is 1. The Bertz CT molecular complexity index is 660. The van der Waals surface area contributed by atoms with Crippen LogP contribution in [0.2, 0.25) is 0 Å². The molecule has 0 aromatic heterocycles. The van der Waals surface area contributed by atoms with Gasteiger partial charge in [-0.25, -0.2) is 18.2 Å². The highest BCUT2D eigenvalue weighted by molar-refractivity contribution is 5.86. The summed E-state index contributed by atoms with van der Waals surface area (Å²) in [6, 6.07) is 6.20. The topological polar surface area (TPSA) is 32.6 Å². The third-order valence-corrected chi connectivity index (χ3v) is 2.98. The average molecular weight is 293 g/mol. The Hall–Kier alpha value is -2.30. The summed E-state index contributed by atoms with van der Waals surface area (Å²) >= 11 is 0. The molecule has 0 spiro atoms. The number of phenolic OH excluding ortho intramolecular Hbond substituents is 1. The van der Waals surface area contributed by atoms with E-state index in [1.165, 1.54) is 0 Å². The van der Waals surface area contributed by atoms with E-state index >= 15 is 0 Å². The molecule has 2 aromatic rings. The van der Waals surface area contributed by atoms with E-state index in [1.807, 2.05) is 6.92 Å². The molecule has 0 aliphatic heterocycles. The number of hydrogen-bond donors (Lipinski definition) is 1. The zero-order valence-corrected chi connectivity index (χ0v) is 11.4. The van der Waals surface area contributed by atoms with Crippen molar-refractivity contribution in [2.45, 2.75) is 19.8 Å². The quantitative estimate of drug-likeness (QED) is 0.826. The standard InChI is InChI=1S/C16H14F3NO/c1-2-4-10-5-3-6-11(16(10)21)9-20-15-13(18)7-12(17)8-14(15)19/h3,5-9,21H,2,4H2,1H3. The van der Waals surface area contributed by atoms with Gasteiger partial charge < -0.3 is 5.11 Å². The lowest BCUT2D eigenvalue weighted by molar-refractivity contribution is 0.466. The van der Waals surface area contributed by atoms with Gasteiger partial charge in [-0.3, -0.25) is 0 Å². The molecular weight excluding hydrogens is 279 g/mol. The SMILES string of the molecule is CCCc1cccc(C=Nc2c(F)cc(F)cc2F)c1O. The highest BCUT2D eigenvalue weighted by Crippen LogP contribution is 2.26. The molecule has 0 amide bonds. The Morgan fingerprint density at radius 1 is 1.14 bits per heavy atom. The summed E-state index contributed by atoms with van der Waals surface area (Å²) in [6.45, 7) is 1.98. The predicted molar refractivity (Wildman–Crippen MR) is 75.7 cm³/mol. The second-order valence-electron chi connectivity index (χ2n) is 4.58. The molecule has 0 radical (unpaired) electrons.